The van der Waals surface area contributed by atoms with Crippen molar-refractivity contribution < 1.29 is 91.6 Å². The largest absolute Gasteiger partial charge is 0.460 e. The SMILES string of the molecule is O=S(=O)(OCCC(F)(F)C(F)(F)C(F)(F)C(F)(F)F)C(F)(F)C(F)(F)C(F)(F)C(F)(F)F. The molecule has 0 aromatic rings. The minimum atomic E-state index is -7.91. The molecular formula is C10H4F18O3S. The Bertz CT molecular complexity index is 776. The maximum atomic E-state index is 13.2. The van der Waals surface area contributed by atoms with Crippen LogP contribution in [0.1, 0.15) is 6.42 Å². The van der Waals surface area contributed by atoms with Crippen molar-refractivity contribution >= 4 is 10.1 Å². The fourth-order valence-electron chi connectivity index (χ4n) is 1.44. The molecule has 3 nitrogen and oxygen atoms in total. The van der Waals surface area contributed by atoms with E-state index < -0.39 is 70.4 Å². The Labute approximate surface area is 163 Å². The zero-order chi connectivity index (χ0) is 26.6. The van der Waals surface area contributed by atoms with Gasteiger partial charge in [-0.3, -0.25) is 4.18 Å². The highest BCUT2D eigenvalue weighted by Crippen LogP contribution is 2.56. The highest BCUT2D eigenvalue weighted by molar-refractivity contribution is 7.87. The van der Waals surface area contributed by atoms with Crippen LogP contribution in [-0.4, -0.2) is 62.2 Å². The zero-order valence-electron chi connectivity index (χ0n) is 13.9. The van der Waals surface area contributed by atoms with E-state index in [0.29, 0.717) is 0 Å². The van der Waals surface area contributed by atoms with Crippen LogP contribution in [0, 0.1) is 0 Å². The van der Waals surface area contributed by atoms with Gasteiger partial charge in [-0.15, -0.1) is 0 Å². The summed E-state index contributed by atoms with van der Waals surface area (Å²) in [7, 11) is -7.84. The lowest BCUT2D eigenvalue weighted by atomic mass is 10.0. The van der Waals surface area contributed by atoms with Gasteiger partial charge in [0.15, 0.2) is 0 Å². The van der Waals surface area contributed by atoms with Gasteiger partial charge < -0.3 is 0 Å². The van der Waals surface area contributed by atoms with Gasteiger partial charge in [0.05, 0.1) is 6.61 Å². The Hall–Kier alpha value is -1.35. The maximum absolute atomic E-state index is 13.2. The van der Waals surface area contributed by atoms with Crippen LogP contribution >= 0.6 is 0 Å². The van der Waals surface area contributed by atoms with Crippen molar-refractivity contribution in [2.75, 3.05) is 6.61 Å². The predicted molar refractivity (Wildman–Crippen MR) is 61.3 cm³/mol. The Morgan fingerprint density at radius 2 is 0.812 bits per heavy atom. The molecule has 0 N–H and O–H groups in total. The Kier molecular flexibility index (Phi) is 7.53. The third-order valence-electron chi connectivity index (χ3n) is 3.29. The molecule has 0 aliphatic carbocycles. The first kappa shape index (κ1) is 30.6. The molecule has 0 rings (SSSR count). The smallest absolute Gasteiger partial charge is 0.265 e. The summed E-state index contributed by atoms with van der Waals surface area (Å²) in [6.45, 7) is -3.07. The number of alkyl halides is 18. The summed E-state index contributed by atoms with van der Waals surface area (Å²) in [5.41, 5.74) is 0. The second kappa shape index (κ2) is 7.86. The molecule has 22 heteroatoms. The van der Waals surface area contributed by atoms with Crippen LogP contribution < -0.4 is 0 Å². The van der Waals surface area contributed by atoms with Gasteiger partial charge in [0.2, 0.25) is 0 Å². The zero-order valence-corrected chi connectivity index (χ0v) is 14.7. The van der Waals surface area contributed by atoms with Crippen LogP contribution in [0.25, 0.3) is 0 Å². The average Bonchev–Trinajstić information content (AvgIpc) is 2.51. The molecule has 0 fully saturated rings. The first-order chi connectivity index (χ1) is 13.5. The van der Waals surface area contributed by atoms with Crippen LogP contribution in [-0.2, 0) is 14.3 Å². The fraction of sp³-hybridized carbons (Fsp3) is 1.00. The van der Waals surface area contributed by atoms with Gasteiger partial charge in [0.1, 0.15) is 0 Å². The van der Waals surface area contributed by atoms with Gasteiger partial charge in [0, 0.05) is 6.42 Å². The summed E-state index contributed by atoms with van der Waals surface area (Å²) in [4.78, 5) is 0. The Morgan fingerprint density at radius 3 is 1.12 bits per heavy atom. The molecule has 0 unspecified atom stereocenters. The quantitative estimate of drug-likeness (QED) is 0.279. The lowest BCUT2D eigenvalue weighted by molar-refractivity contribution is -0.397. The molecule has 0 bridgehead atoms. The second-order valence-electron chi connectivity index (χ2n) is 5.54. The van der Waals surface area contributed by atoms with Crippen molar-refractivity contribution in [2.24, 2.45) is 0 Å². The van der Waals surface area contributed by atoms with E-state index in [0.717, 1.165) is 0 Å². The van der Waals surface area contributed by atoms with Gasteiger partial charge in [0.25, 0.3) is 0 Å². The van der Waals surface area contributed by atoms with Crippen LogP contribution in [0.5, 0.6) is 0 Å². The van der Waals surface area contributed by atoms with Crippen molar-refractivity contribution in [3.8, 4) is 0 Å². The molecule has 0 aliphatic heterocycles. The second-order valence-corrected chi connectivity index (χ2v) is 7.20. The van der Waals surface area contributed by atoms with E-state index >= 15 is 0 Å². The lowest BCUT2D eigenvalue weighted by Crippen LogP contribution is -2.63. The summed E-state index contributed by atoms with van der Waals surface area (Å²) >= 11 is 0. The van der Waals surface area contributed by atoms with Gasteiger partial charge in [-0.2, -0.15) is 87.4 Å². The molecule has 0 aromatic carbocycles. The maximum Gasteiger partial charge on any atom is 0.460 e. The van der Waals surface area contributed by atoms with Crippen LogP contribution in [0.15, 0.2) is 0 Å². The van der Waals surface area contributed by atoms with E-state index in [1.165, 1.54) is 0 Å². The predicted octanol–water partition coefficient (Wildman–Crippen LogP) is 5.62. The van der Waals surface area contributed by atoms with E-state index in [2.05, 4.69) is 4.18 Å². The summed E-state index contributed by atoms with van der Waals surface area (Å²) < 4.78 is 250. The van der Waals surface area contributed by atoms with E-state index in [4.69, 9.17) is 0 Å². The summed E-state index contributed by atoms with van der Waals surface area (Å²) in [5, 5.41) is -7.60. The summed E-state index contributed by atoms with van der Waals surface area (Å²) in [5.74, 6) is -37.4. The van der Waals surface area contributed by atoms with Crippen molar-refractivity contribution in [3.05, 3.63) is 0 Å². The van der Waals surface area contributed by atoms with Crippen molar-refractivity contribution in [2.45, 2.75) is 53.6 Å². The molecule has 0 saturated carbocycles. The first-order valence-electron chi connectivity index (χ1n) is 6.75. The molecule has 194 valence electrons. The molecular weight excluding hydrogens is 542 g/mol. The lowest BCUT2D eigenvalue weighted by Gasteiger charge is -2.34. The molecule has 32 heavy (non-hydrogen) atoms. The van der Waals surface area contributed by atoms with Crippen LogP contribution in [0.2, 0.25) is 0 Å². The number of rotatable bonds is 9. The van der Waals surface area contributed by atoms with E-state index in [1.807, 2.05) is 0 Å². The molecule has 0 aliphatic rings. The van der Waals surface area contributed by atoms with Crippen LogP contribution in [0.3, 0.4) is 0 Å². The van der Waals surface area contributed by atoms with Gasteiger partial charge in [-0.05, 0) is 0 Å². The summed E-state index contributed by atoms with van der Waals surface area (Å²) in [6.07, 6.45) is -18.3. The summed E-state index contributed by atoms with van der Waals surface area (Å²) in [6, 6.07) is 0. The minimum absolute atomic E-state index is 2.52. The molecule has 0 saturated heterocycles. The van der Waals surface area contributed by atoms with Crippen molar-refractivity contribution in [1.29, 1.82) is 0 Å². The number of halogens is 18. The third kappa shape index (κ3) is 4.52. The molecule has 0 atom stereocenters. The fourth-order valence-corrected chi connectivity index (χ4v) is 2.33. The first-order valence-corrected chi connectivity index (χ1v) is 8.16. The molecule has 0 amide bonds. The standard InChI is InChI=1S/C10H4F18O3S/c11-3(12,4(13,14)5(15,16)8(21,22)23)1-2-31-32(29,30)10(27,28)7(19,20)6(17,18)9(24,25)26/h1-2H2. The minimum Gasteiger partial charge on any atom is -0.265 e. The van der Waals surface area contributed by atoms with E-state index in [-0.39, 0.29) is 0 Å². The highest BCUT2D eigenvalue weighted by Gasteiger charge is 2.86. The van der Waals surface area contributed by atoms with Gasteiger partial charge >= 0.3 is 57.3 Å². The normalized spacial score (nSPS) is 16.4. The van der Waals surface area contributed by atoms with Crippen LogP contribution in [0.4, 0.5) is 79.0 Å². The Morgan fingerprint density at radius 1 is 0.500 bits per heavy atom. The van der Waals surface area contributed by atoms with Gasteiger partial charge in [-0.25, -0.2) is 0 Å². The number of hydrogen-bond donors (Lipinski definition) is 0. The topological polar surface area (TPSA) is 43.4 Å². The molecule has 0 aromatic heterocycles. The molecule has 0 radical (unpaired) electrons. The highest BCUT2D eigenvalue weighted by atomic mass is 32.2. The molecule has 0 spiro atoms. The number of hydrogen-bond acceptors (Lipinski definition) is 3. The van der Waals surface area contributed by atoms with Crippen molar-refractivity contribution in [1.82, 2.24) is 0 Å². The van der Waals surface area contributed by atoms with Crippen molar-refractivity contribution in [3.63, 3.8) is 0 Å². The van der Waals surface area contributed by atoms with Gasteiger partial charge in [-0.1, -0.05) is 0 Å². The van der Waals surface area contributed by atoms with E-state index in [9.17, 15) is 87.4 Å². The third-order valence-corrected chi connectivity index (χ3v) is 4.66. The monoisotopic (exact) mass is 546 g/mol. The average molecular weight is 546 g/mol. The Balaban J connectivity index is 5.83. The molecule has 0 heterocycles. The van der Waals surface area contributed by atoms with E-state index in [1.54, 1.807) is 0 Å².